The van der Waals surface area contributed by atoms with Crippen molar-refractivity contribution < 1.29 is 18.0 Å². The maximum Gasteiger partial charge on any atom is 0.441 e. The molecule has 0 N–H and O–H groups in total. The number of thioether (sulfide) groups is 1. The third kappa shape index (κ3) is 6.03. The van der Waals surface area contributed by atoms with Crippen LogP contribution in [0.4, 0.5) is 13.2 Å². The van der Waals surface area contributed by atoms with Crippen LogP contribution in [0, 0.1) is 11.3 Å². The van der Waals surface area contributed by atoms with E-state index in [1.165, 1.54) is 0 Å². The minimum Gasteiger partial charge on any atom is -0.330 e. The van der Waals surface area contributed by atoms with Gasteiger partial charge in [-0.15, -0.1) is 6.58 Å². The van der Waals surface area contributed by atoms with Gasteiger partial charge in [0.25, 0.3) is 0 Å². The molecule has 0 spiro atoms. The molecule has 35 heavy (non-hydrogen) atoms. The number of carbonyl (C=O) groups is 1. The summed E-state index contributed by atoms with van der Waals surface area (Å²) < 4.78 is 39.9. The summed E-state index contributed by atoms with van der Waals surface area (Å²) in [5.74, 6) is -0.407. The molecule has 2 fully saturated rings. The normalized spacial score (nSPS) is 26.0. The summed E-state index contributed by atoms with van der Waals surface area (Å²) in [6, 6.07) is 13.9. The minimum atomic E-state index is -4.36. The number of hydrogen-bond donors (Lipinski definition) is 0. The fourth-order valence-electron chi connectivity index (χ4n) is 5.36. The van der Waals surface area contributed by atoms with Gasteiger partial charge in [0, 0.05) is 27.8 Å². The summed E-state index contributed by atoms with van der Waals surface area (Å²) in [7, 11) is 0. The lowest BCUT2D eigenvalue weighted by molar-refractivity contribution is -0.154. The van der Waals surface area contributed by atoms with Crippen molar-refractivity contribution in [3.63, 3.8) is 0 Å². The fourth-order valence-corrected chi connectivity index (χ4v) is 6.47. The van der Waals surface area contributed by atoms with Crippen LogP contribution in [0.3, 0.4) is 0 Å². The number of rotatable bonds is 8. The number of likely N-dealkylation sites (tertiary alicyclic amines) is 1. The van der Waals surface area contributed by atoms with Crippen molar-refractivity contribution in [2.45, 2.75) is 56.1 Å². The number of hydrogen-bond acceptors (Lipinski definition) is 2. The van der Waals surface area contributed by atoms with E-state index in [1.54, 1.807) is 29.2 Å². The van der Waals surface area contributed by atoms with Crippen LogP contribution in [0.15, 0.2) is 61.2 Å². The second-order valence-electron chi connectivity index (χ2n) is 9.79. The highest BCUT2D eigenvalue weighted by molar-refractivity contribution is 8.00. The smallest absolute Gasteiger partial charge is 0.330 e. The monoisotopic (exact) mass is 541 g/mol. The maximum absolute atomic E-state index is 14.2. The van der Waals surface area contributed by atoms with Crippen LogP contribution in [0.2, 0.25) is 10.0 Å². The second kappa shape index (κ2) is 10.4. The lowest BCUT2D eigenvalue weighted by atomic mass is 9.67. The molecule has 0 bridgehead atoms. The lowest BCUT2D eigenvalue weighted by Gasteiger charge is -2.52. The molecule has 4 rings (SSSR count). The predicted molar refractivity (Wildman–Crippen MR) is 138 cm³/mol. The van der Waals surface area contributed by atoms with E-state index >= 15 is 0 Å². The average molecular weight is 542 g/mol. The molecule has 188 valence electrons. The van der Waals surface area contributed by atoms with Crippen LogP contribution in [-0.2, 0) is 4.79 Å². The number of halogens is 5. The van der Waals surface area contributed by atoms with Crippen LogP contribution < -0.4 is 0 Å². The number of allylic oxidation sites excluding steroid dienone is 1. The highest BCUT2D eigenvalue weighted by Crippen LogP contribution is 2.54. The standard InChI is InChI=1S/C27H28Cl2F3NOS/c1-3-13-26(2)15-22(19-5-4-6-21(29)14-19)24(18-9-11-20(28)12-10-18)33(25(26)34)23(17-7-8-17)16-35-27(30,31)32/h3-6,9-12,14,17,22-24H,1,7-8,13,15-16H2,2H3/t22?,23-,24-,26+/m1/s1. The van der Waals surface area contributed by atoms with Gasteiger partial charge in [0.05, 0.1) is 11.5 Å². The van der Waals surface area contributed by atoms with Crippen molar-refractivity contribution in [2.24, 2.45) is 11.3 Å². The number of carbonyl (C=O) groups excluding carboxylic acids is 1. The number of benzene rings is 2. The molecule has 1 amide bonds. The highest BCUT2D eigenvalue weighted by Gasteiger charge is 2.53. The summed E-state index contributed by atoms with van der Waals surface area (Å²) in [6.45, 7) is 5.76. The first-order valence-electron chi connectivity index (χ1n) is 11.7. The summed E-state index contributed by atoms with van der Waals surface area (Å²) in [4.78, 5) is 15.9. The molecule has 1 saturated carbocycles. The molecular weight excluding hydrogens is 514 g/mol. The van der Waals surface area contributed by atoms with Crippen LogP contribution >= 0.6 is 35.0 Å². The topological polar surface area (TPSA) is 20.3 Å². The predicted octanol–water partition coefficient (Wildman–Crippen LogP) is 8.66. The second-order valence-corrected chi connectivity index (χ2v) is 11.7. The van der Waals surface area contributed by atoms with E-state index < -0.39 is 23.0 Å². The van der Waals surface area contributed by atoms with Crippen molar-refractivity contribution in [3.8, 4) is 0 Å². The van der Waals surface area contributed by atoms with Crippen molar-refractivity contribution in [1.82, 2.24) is 4.90 Å². The molecule has 2 aliphatic rings. The van der Waals surface area contributed by atoms with Gasteiger partial charge < -0.3 is 4.90 Å². The zero-order chi connectivity index (χ0) is 25.4. The average Bonchev–Trinajstić information content (AvgIpc) is 3.62. The van der Waals surface area contributed by atoms with Gasteiger partial charge >= 0.3 is 5.51 Å². The molecule has 1 heterocycles. The van der Waals surface area contributed by atoms with E-state index in [-0.39, 0.29) is 35.3 Å². The molecule has 2 aromatic rings. The summed E-state index contributed by atoms with van der Waals surface area (Å²) in [5, 5.41) is 1.14. The molecule has 0 aromatic heterocycles. The van der Waals surface area contributed by atoms with Crippen LogP contribution in [0.5, 0.6) is 0 Å². The van der Waals surface area contributed by atoms with Crippen LogP contribution in [0.25, 0.3) is 0 Å². The zero-order valence-electron chi connectivity index (χ0n) is 19.4. The molecule has 1 saturated heterocycles. The highest BCUT2D eigenvalue weighted by atomic mass is 35.5. The first kappa shape index (κ1) is 26.4. The SMILES string of the molecule is C=CC[C@@]1(C)CC(c2cccc(Cl)c2)[C@@H](c2ccc(Cl)cc2)N([C@H](CSC(F)(F)F)C2CC2)C1=O. The number of alkyl halides is 3. The molecule has 2 nitrogen and oxygen atoms in total. The zero-order valence-corrected chi connectivity index (χ0v) is 21.7. The molecule has 2 aromatic carbocycles. The Balaban J connectivity index is 1.87. The van der Waals surface area contributed by atoms with Gasteiger partial charge in [-0.2, -0.15) is 13.2 Å². The first-order chi connectivity index (χ1) is 16.5. The van der Waals surface area contributed by atoms with Gasteiger partial charge in [0.15, 0.2) is 0 Å². The number of amides is 1. The third-order valence-corrected chi connectivity index (χ3v) is 8.45. The first-order valence-corrected chi connectivity index (χ1v) is 13.4. The molecule has 4 atom stereocenters. The quantitative estimate of drug-likeness (QED) is 0.311. The van der Waals surface area contributed by atoms with Crippen molar-refractivity contribution in [1.29, 1.82) is 0 Å². The van der Waals surface area contributed by atoms with Gasteiger partial charge in [-0.05, 0) is 78.8 Å². The van der Waals surface area contributed by atoms with Crippen molar-refractivity contribution in [2.75, 3.05) is 5.75 Å². The van der Waals surface area contributed by atoms with E-state index in [1.807, 2.05) is 37.3 Å². The Morgan fingerprint density at radius 3 is 2.40 bits per heavy atom. The molecule has 1 unspecified atom stereocenters. The Bertz CT molecular complexity index is 1070. The summed E-state index contributed by atoms with van der Waals surface area (Å²) in [5.41, 5.74) is -3.33. The van der Waals surface area contributed by atoms with Crippen molar-refractivity contribution in [3.05, 3.63) is 82.4 Å². The van der Waals surface area contributed by atoms with Gasteiger partial charge in [-0.1, -0.05) is 60.5 Å². The molecule has 1 aliphatic heterocycles. The molecule has 1 aliphatic carbocycles. The van der Waals surface area contributed by atoms with Gasteiger partial charge in [0.2, 0.25) is 5.91 Å². The van der Waals surface area contributed by atoms with Gasteiger partial charge in [0.1, 0.15) is 0 Å². The lowest BCUT2D eigenvalue weighted by Crippen LogP contribution is -2.57. The third-order valence-electron chi connectivity index (χ3n) is 7.13. The van der Waals surface area contributed by atoms with E-state index in [2.05, 4.69) is 6.58 Å². The van der Waals surface area contributed by atoms with Crippen LogP contribution in [-0.4, -0.2) is 28.1 Å². The number of piperidine rings is 1. The Hall–Kier alpha value is -1.63. The van der Waals surface area contributed by atoms with E-state index in [0.29, 0.717) is 22.9 Å². The summed E-state index contributed by atoms with van der Waals surface area (Å²) >= 11 is 12.5. The Morgan fingerprint density at radius 1 is 1.14 bits per heavy atom. The Morgan fingerprint density at radius 2 is 1.83 bits per heavy atom. The summed E-state index contributed by atoms with van der Waals surface area (Å²) in [6.07, 6.45) is 4.34. The largest absolute Gasteiger partial charge is 0.441 e. The van der Waals surface area contributed by atoms with Crippen molar-refractivity contribution >= 4 is 40.9 Å². The molecule has 0 radical (unpaired) electrons. The minimum absolute atomic E-state index is 0.0379. The van der Waals surface area contributed by atoms with Gasteiger partial charge in [-0.3, -0.25) is 4.79 Å². The van der Waals surface area contributed by atoms with Crippen LogP contribution in [0.1, 0.15) is 55.7 Å². The van der Waals surface area contributed by atoms with E-state index in [0.717, 1.165) is 24.0 Å². The molecule has 8 heteroatoms. The molecular formula is C27H28Cl2F3NOS. The Kier molecular flexibility index (Phi) is 7.85. The maximum atomic E-state index is 14.2. The Labute approximate surface area is 218 Å². The van der Waals surface area contributed by atoms with E-state index in [9.17, 15) is 18.0 Å². The van der Waals surface area contributed by atoms with Gasteiger partial charge in [-0.25, -0.2) is 0 Å². The number of nitrogens with zero attached hydrogens (tertiary/aromatic N) is 1. The fraction of sp³-hybridized carbons (Fsp3) is 0.444. The van der Waals surface area contributed by atoms with E-state index in [4.69, 9.17) is 23.2 Å².